The Morgan fingerprint density at radius 3 is 2.37 bits per heavy atom. The molecule has 0 spiro atoms. The predicted octanol–water partition coefficient (Wildman–Crippen LogP) is 0.621. The first kappa shape index (κ1) is 15.4. The number of ether oxygens (including phenoxy) is 2. The van der Waals surface area contributed by atoms with E-state index in [9.17, 15) is 14.9 Å². The monoisotopic (exact) mass is 268 g/mol. The lowest BCUT2D eigenvalue weighted by Gasteiger charge is -2.31. The molecular weight excluding hydrogens is 248 g/mol. The van der Waals surface area contributed by atoms with Gasteiger partial charge in [-0.25, -0.2) is 4.79 Å². The topological polar surface area (TPSA) is 88.4 Å². The molecule has 1 saturated heterocycles. The van der Waals surface area contributed by atoms with Crippen LogP contribution >= 0.6 is 0 Å². The Morgan fingerprint density at radius 2 is 1.95 bits per heavy atom. The molecule has 19 heavy (non-hydrogen) atoms. The highest BCUT2D eigenvalue weighted by Crippen LogP contribution is 2.30. The fourth-order valence-electron chi connectivity index (χ4n) is 2.01. The number of carbonyl (C=O) groups excluding carboxylic acids is 2. The van der Waals surface area contributed by atoms with Gasteiger partial charge in [0.1, 0.15) is 11.5 Å². The van der Waals surface area contributed by atoms with E-state index >= 15 is 0 Å². The van der Waals surface area contributed by atoms with Crippen LogP contribution in [0.2, 0.25) is 0 Å². The molecule has 1 aliphatic heterocycles. The normalized spacial score (nSPS) is 19.3. The van der Waals surface area contributed by atoms with Gasteiger partial charge in [0.15, 0.2) is 0 Å². The van der Waals surface area contributed by atoms with E-state index < -0.39 is 23.3 Å². The third-order valence-electron chi connectivity index (χ3n) is 3.40. The average molecular weight is 268 g/mol. The first-order valence-corrected chi connectivity index (χ1v) is 6.34. The maximum absolute atomic E-state index is 12.3. The highest BCUT2D eigenvalue weighted by atomic mass is 16.5. The van der Waals surface area contributed by atoms with Gasteiger partial charge in [0.25, 0.3) is 0 Å². The minimum absolute atomic E-state index is 0.105. The summed E-state index contributed by atoms with van der Waals surface area (Å²) in [6, 6.07) is 1.34. The van der Waals surface area contributed by atoms with Crippen molar-refractivity contribution in [2.45, 2.75) is 32.7 Å². The molecule has 0 aromatic carbocycles. The van der Waals surface area contributed by atoms with Crippen LogP contribution in [0.4, 0.5) is 0 Å². The van der Waals surface area contributed by atoms with Crippen molar-refractivity contribution in [1.29, 1.82) is 5.26 Å². The van der Waals surface area contributed by atoms with Crippen molar-refractivity contribution in [2.24, 2.45) is 11.3 Å². The van der Waals surface area contributed by atoms with Crippen LogP contribution in [0.1, 0.15) is 26.7 Å². The van der Waals surface area contributed by atoms with E-state index in [1.807, 2.05) is 13.8 Å². The highest BCUT2D eigenvalue weighted by molar-refractivity contribution is 5.90. The number of amides is 1. The van der Waals surface area contributed by atoms with Gasteiger partial charge in [0.2, 0.25) is 5.91 Å². The summed E-state index contributed by atoms with van der Waals surface area (Å²) in [6.07, 6.45) is 0.697. The molecule has 1 atom stereocenters. The second-order valence-electron chi connectivity index (χ2n) is 5.02. The van der Waals surface area contributed by atoms with E-state index in [0.29, 0.717) is 26.1 Å². The first-order chi connectivity index (χ1) is 8.96. The molecular formula is C13H20N2O4. The minimum Gasteiger partial charge on any atom is -0.467 e. The van der Waals surface area contributed by atoms with Gasteiger partial charge in [0, 0.05) is 13.2 Å². The number of nitrogens with one attached hydrogen (secondary N) is 1. The lowest BCUT2D eigenvalue weighted by Crippen LogP contribution is -2.52. The smallest absolute Gasteiger partial charge is 0.328 e. The molecule has 1 aliphatic rings. The van der Waals surface area contributed by atoms with Gasteiger partial charge in [-0.1, -0.05) is 13.8 Å². The van der Waals surface area contributed by atoms with Gasteiger partial charge in [-0.2, -0.15) is 5.26 Å². The molecule has 6 nitrogen and oxygen atoms in total. The van der Waals surface area contributed by atoms with E-state index in [-0.39, 0.29) is 5.92 Å². The van der Waals surface area contributed by atoms with Crippen LogP contribution in [0, 0.1) is 22.7 Å². The molecule has 1 rings (SSSR count). The minimum atomic E-state index is -1.10. The molecule has 0 bridgehead atoms. The van der Waals surface area contributed by atoms with Gasteiger partial charge in [-0.15, -0.1) is 0 Å². The maximum atomic E-state index is 12.3. The zero-order chi connectivity index (χ0) is 14.5. The fourth-order valence-corrected chi connectivity index (χ4v) is 2.01. The number of carbonyl (C=O) groups is 2. The van der Waals surface area contributed by atoms with Crippen LogP contribution in [0.25, 0.3) is 0 Å². The molecule has 1 unspecified atom stereocenters. The van der Waals surface area contributed by atoms with Crippen molar-refractivity contribution in [3.05, 3.63) is 0 Å². The van der Waals surface area contributed by atoms with Gasteiger partial charge < -0.3 is 14.8 Å². The summed E-state index contributed by atoms with van der Waals surface area (Å²) < 4.78 is 9.84. The van der Waals surface area contributed by atoms with E-state index in [1.165, 1.54) is 7.11 Å². The Kier molecular flexibility index (Phi) is 5.31. The molecule has 6 heteroatoms. The summed E-state index contributed by atoms with van der Waals surface area (Å²) in [6.45, 7) is 4.38. The average Bonchev–Trinajstić information content (AvgIpc) is 2.43. The maximum Gasteiger partial charge on any atom is 0.328 e. The van der Waals surface area contributed by atoms with E-state index in [1.54, 1.807) is 0 Å². The lowest BCUT2D eigenvalue weighted by molar-refractivity contribution is -0.148. The van der Waals surface area contributed by atoms with Gasteiger partial charge in [0.05, 0.1) is 13.2 Å². The van der Waals surface area contributed by atoms with Crippen LogP contribution in [-0.2, 0) is 19.1 Å². The quantitative estimate of drug-likeness (QED) is 0.755. The third-order valence-corrected chi connectivity index (χ3v) is 3.40. The Hall–Kier alpha value is -1.61. The van der Waals surface area contributed by atoms with Crippen molar-refractivity contribution in [1.82, 2.24) is 5.32 Å². The van der Waals surface area contributed by atoms with Crippen LogP contribution in [0.15, 0.2) is 0 Å². The van der Waals surface area contributed by atoms with E-state index in [4.69, 9.17) is 4.74 Å². The van der Waals surface area contributed by atoms with Crippen LogP contribution < -0.4 is 5.32 Å². The fraction of sp³-hybridized carbons (Fsp3) is 0.769. The molecule has 0 radical (unpaired) electrons. The summed E-state index contributed by atoms with van der Waals surface area (Å²) in [7, 11) is 1.28. The first-order valence-electron chi connectivity index (χ1n) is 6.34. The highest BCUT2D eigenvalue weighted by Gasteiger charge is 2.42. The van der Waals surface area contributed by atoms with Crippen molar-refractivity contribution in [2.75, 3.05) is 20.3 Å². The van der Waals surface area contributed by atoms with Crippen molar-refractivity contribution in [3.8, 4) is 6.07 Å². The van der Waals surface area contributed by atoms with Gasteiger partial charge in [-0.05, 0) is 18.8 Å². The predicted molar refractivity (Wildman–Crippen MR) is 66.9 cm³/mol. The van der Waals surface area contributed by atoms with Gasteiger partial charge >= 0.3 is 5.97 Å². The summed E-state index contributed by atoms with van der Waals surface area (Å²) >= 11 is 0. The van der Waals surface area contributed by atoms with Crippen LogP contribution in [0.3, 0.4) is 0 Å². The molecule has 1 heterocycles. The summed E-state index contributed by atoms with van der Waals surface area (Å²) in [5.41, 5.74) is -1.10. The number of hydrogen-bond donors (Lipinski definition) is 1. The van der Waals surface area contributed by atoms with Crippen molar-refractivity contribution < 1.29 is 19.1 Å². The largest absolute Gasteiger partial charge is 0.467 e. The Labute approximate surface area is 113 Å². The number of nitrogens with zero attached hydrogens (tertiary/aromatic N) is 1. The molecule has 0 aromatic rings. The third kappa shape index (κ3) is 3.44. The number of nitriles is 1. The second kappa shape index (κ2) is 6.53. The Balaban J connectivity index is 2.81. The summed E-state index contributed by atoms with van der Waals surface area (Å²) in [5.74, 6) is -1.02. The van der Waals surface area contributed by atoms with Crippen molar-refractivity contribution >= 4 is 11.9 Å². The van der Waals surface area contributed by atoms with Crippen molar-refractivity contribution in [3.63, 3.8) is 0 Å². The molecule has 0 aliphatic carbocycles. The number of hydrogen-bond acceptors (Lipinski definition) is 5. The number of esters is 1. The van der Waals surface area contributed by atoms with E-state index in [2.05, 4.69) is 16.1 Å². The SMILES string of the molecule is COC(=O)C(NC(=O)C1(C#N)CCOCC1)C(C)C. The summed E-state index contributed by atoms with van der Waals surface area (Å²) in [5, 5.41) is 11.9. The number of methoxy groups -OCH3 is 1. The molecule has 0 saturated carbocycles. The molecule has 106 valence electrons. The molecule has 1 fully saturated rings. The van der Waals surface area contributed by atoms with Crippen LogP contribution in [0.5, 0.6) is 0 Å². The standard InChI is InChI=1S/C13H20N2O4/c1-9(2)10(11(16)18-3)15-12(17)13(8-14)4-6-19-7-5-13/h9-10H,4-7H2,1-3H3,(H,15,17). The van der Waals surface area contributed by atoms with Gasteiger partial charge in [-0.3, -0.25) is 4.79 Å². The Morgan fingerprint density at radius 1 is 1.37 bits per heavy atom. The zero-order valence-corrected chi connectivity index (χ0v) is 11.6. The molecule has 1 N–H and O–H groups in total. The summed E-state index contributed by atoms with van der Waals surface area (Å²) in [4.78, 5) is 23.9. The van der Waals surface area contributed by atoms with E-state index in [0.717, 1.165) is 0 Å². The lowest BCUT2D eigenvalue weighted by atomic mass is 9.80. The Bertz CT molecular complexity index is 381. The molecule has 0 aromatic heterocycles. The number of rotatable bonds is 4. The zero-order valence-electron chi connectivity index (χ0n) is 11.6. The second-order valence-corrected chi connectivity index (χ2v) is 5.02. The van der Waals surface area contributed by atoms with Crippen LogP contribution in [-0.4, -0.2) is 38.2 Å². The molecule has 1 amide bonds.